The summed E-state index contributed by atoms with van der Waals surface area (Å²) in [6, 6.07) is 14.2. The van der Waals surface area contributed by atoms with Gasteiger partial charge in [0.1, 0.15) is 11.6 Å². The van der Waals surface area contributed by atoms with Crippen LogP contribution in [-0.2, 0) is 9.59 Å². The molecule has 174 valence electrons. The molecule has 1 amide bonds. The van der Waals surface area contributed by atoms with Crippen LogP contribution in [0.4, 0.5) is 15.2 Å². The molecule has 5 rings (SSSR count). The first-order valence-corrected chi connectivity index (χ1v) is 11.3. The molecule has 1 atom stereocenters. The Kier molecular flexibility index (Phi) is 5.54. The van der Waals surface area contributed by atoms with Crippen LogP contribution in [-0.4, -0.2) is 26.7 Å². The molecular weight excluding hydrogens is 497 g/mol. The number of ketones is 1. The Morgan fingerprint density at radius 1 is 1.09 bits per heavy atom. The van der Waals surface area contributed by atoms with Crippen LogP contribution in [0.5, 0.6) is 0 Å². The van der Waals surface area contributed by atoms with E-state index in [1.165, 1.54) is 66.7 Å². The number of non-ortho nitro benzene ring substituents is 1. The summed E-state index contributed by atoms with van der Waals surface area (Å²) in [6.45, 7) is 0. The third-order valence-corrected chi connectivity index (χ3v) is 6.80. The molecule has 4 aromatic rings. The van der Waals surface area contributed by atoms with Gasteiger partial charge in [-0.05, 0) is 60.2 Å². The van der Waals surface area contributed by atoms with Gasteiger partial charge in [0.05, 0.1) is 26.8 Å². The smallest absolute Gasteiger partial charge is 0.301 e. The highest BCUT2D eigenvalue weighted by atomic mass is 35.5. The highest BCUT2D eigenvalue weighted by molar-refractivity contribution is 7.22. The molecule has 8 nitrogen and oxygen atoms in total. The van der Waals surface area contributed by atoms with Crippen LogP contribution in [0.1, 0.15) is 17.2 Å². The van der Waals surface area contributed by atoms with Crippen LogP contribution in [0.15, 0.2) is 72.3 Å². The Balaban J connectivity index is 1.72. The quantitative estimate of drug-likeness (QED) is 0.125. The Bertz CT molecular complexity index is 1550. The average molecular weight is 510 g/mol. The number of Topliss-reactive ketones (excluding diaryl/α,β-unsaturated/α-hetero) is 1. The second-order valence-electron chi connectivity index (χ2n) is 7.63. The predicted molar refractivity (Wildman–Crippen MR) is 129 cm³/mol. The Morgan fingerprint density at radius 3 is 2.43 bits per heavy atom. The van der Waals surface area contributed by atoms with Gasteiger partial charge in [-0.15, -0.1) is 0 Å². The number of nitrogens with zero attached hydrogens (tertiary/aromatic N) is 3. The molecule has 1 aromatic heterocycles. The van der Waals surface area contributed by atoms with Crippen LogP contribution in [0.3, 0.4) is 0 Å². The number of nitro benzene ring substituents is 1. The van der Waals surface area contributed by atoms with Gasteiger partial charge in [-0.1, -0.05) is 22.9 Å². The van der Waals surface area contributed by atoms with Crippen molar-refractivity contribution in [1.82, 2.24) is 4.98 Å². The number of rotatable bonds is 4. The number of amides is 1. The molecule has 1 aliphatic heterocycles. The number of thiazole rings is 1. The third-order valence-electron chi connectivity index (χ3n) is 5.53. The van der Waals surface area contributed by atoms with Gasteiger partial charge in [0.25, 0.3) is 11.5 Å². The molecule has 3 aromatic carbocycles. The number of aliphatic hydroxyl groups is 1. The van der Waals surface area contributed by atoms with Gasteiger partial charge >= 0.3 is 5.91 Å². The van der Waals surface area contributed by atoms with E-state index in [2.05, 4.69) is 4.98 Å². The van der Waals surface area contributed by atoms with Gasteiger partial charge in [0.15, 0.2) is 5.13 Å². The van der Waals surface area contributed by atoms with Gasteiger partial charge in [-0.3, -0.25) is 24.6 Å². The zero-order valence-electron chi connectivity index (χ0n) is 17.5. The molecule has 0 bridgehead atoms. The number of carbonyl (C=O) groups is 2. The lowest BCUT2D eigenvalue weighted by Gasteiger charge is -2.22. The minimum absolute atomic E-state index is 0.117. The summed E-state index contributed by atoms with van der Waals surface area (Å²) in [5, 5.41) is 22.7. The van der Waals surface area contributed by atoms with Gasteiger partial charge in [-0.2, -0.15) is 0 Å². The number of anilines is 1. The second kappa shape index (κ2) is 8.57. The summed E-state index contributed by atoms with van der Waals surface area (Å²) in [6.07, 6.45) is 0. The summed E-state index contributed by atoms with van der Waals surface area (Å²) >= 11 is 6.93. The monoisotopic (exact) mass is 509 g/mol. The molecule has 1 saturated heterocycles. The Hall–Kier alpha value is -4.15. The van der Waals surface area contributed by atoms with Crippen molar-refractivity contribution in [2.24, 2.45) is 0 Å². The van der Waals surface area contributed by atoms with Crippen molar-refractivity contribution in [3.05, 3.63) is 104 Å². The molecule has 0 spiro atoms. The first kappa shape index (κ1) is 22.6. The minimum Gasteiger partial charge on any atom is -0.507 e. The summed E-state index contributed by atoms with van der Waals surface area (Å²) in [5.74, 6) is -2.81. The van der Waals surface area contributed by atoms with E-state index in [0.717, 1.165) is 16.2 Å². The van der Waals surface area contributed by atoms with E-state index in [-0.39, 0.29) is 22.0 Å². The van der Waals surface area contributed by atoms with Crippen molar-refractivity contribution in [1.29, 1.82) is 0 Å². The summed E-state index contributed by atoms with van der Waals surface area (Å²) in [4.78, 5) is 42.4. The highest BCUT2D eigenvalue weighted by Gasteiger charge is 2.48. The van der Waals surface area contributed by atoms with E-state index in [1.54, 1.807) is 0 Å². The van der Waals surface area contributed by atoms with Crippen LogP contribution < -0.4 is 4.90 Å². The highest BCUT2D eigenvalue weighted by Crippen LogP contribution is 2.44. The number of benzene rings is 3. The zero-order valence-corrected chi connectivity index (χ0v) is 19.1. The maximum absolute atomic E-state index is 13.7. The molecule has 0 radical (unpaired) electrons. The molecule has 2 heterocycles. The van der Waals surface area contributed by atoms with E-state index < -0.39 is 34.2 Å². The van der Waals surface area contributed by atoms with Crippen LogP contribution in [0.25, 0.3) is 16.0 Å². The molecule has 35 heavy (non-hydrogen) atoms. The van der Waals surface area contributed by atoms with Crippen LogP contribution >= 0.6 is 22.9 Å². The topological polar surface area (TPSA) is 114 Å². The number of fused-ring (bicyclic) bond motifs is 1. The van der Waals surface area contributed by atoms with Gasteiger partial charge in [-0.25, -0.2) is 9.37 Å². The number of hydrogen-bond donors (Lipinski definition) is 1. The lowest BCUT2D eigenvalue weighted by Crippen LogP contribution is -2.29. The fourth-order valence-electron chi connectivity index (χ4n) is 3.88. The molecule has 0 saturated carbocycles. The first-order chi connectivity index (χ1) is 16.7. The van der Waals surface area contributed by atoms with Gasteiger partial charge in [0, 0.05) is 22.7 Å². The van der Waals surface area contributed by atoms with Crippen molar-refractivity contribution in [3.8, 4) is 0 Å². The molecule has 1 fully saturated rings. The lowest BCUT2D eigenvalue weighted by molar-refractivity contribution is -0.384. The number of carbonyl (C=O) groups excluding carboxylic acids is 2. The second-order valence-corrected chi connectivity index (χ2v) is 9.08. The van der Waals surface area contributed by atoms with Crippen LogP contribution in [0.2, 0.25) is 5.02 Å². The SMILES string of the molecule is O=C1C(=O)N(c2nc3ccc(F)cc3s2)C(c2ccc([N+](=O)[O-])cc2)/C1=C(\O)c1ccc(Cl)cc1. The first-order valence-electron chi connectivity index (χ1n) is 10.1. The summed E-state index contributed by atoms with van der Waals surface area (Å²) < 4.78 is 14.2. The van der Waals surface area contributed by atoms with Gasteiger partial charge < -0.3 is 5.11 Å². The predicted octanol–water partition coefficient (Wildman–Crippen LogP) is 5.62. The van der Waals surface area contributed by atoms with Gasteiger partial charge in [0.2, 0.25) is 0 Å². The molecule has 11 heteroatoms. The maximum Gasteiger partial charge on any atom is 0.301 e. The molecule has 0 aliphatic carbocycles. The maximum atomic E-state index is 13.7. The molecule has 1 N–H and O–H groups in total. The molecular formula is C24H13ClFN3O5S. The van der Waals surface area contributed by atoms with Crippen molar-refractivity contribution < 1.29 is 24.0 Å². The van der Waals surface area contributed by atoms with E-state index in [0.29, 0.717) is 20.8 Å². The van der Waals surface area contributed by atoms with Crippen molar-refractivity contribution >= 4 is 61.4 Å². The van der Waals surface area contributed by atoms with Crippen molar-refractivity contribution in [3.63, 3.8) is 0 Å². The number of nitro groups is 1. The van der Waals surface area contributed by atoms with E-state index in [1.807, 2.05) is 0 Å². The van der Waals surface area contributed by atoms with E-state index in [9.17, 15) is 29.2 Å². The standard InChI is InChI=1S/C24H13ClFN3O5S/c25-14-5-1-13(2-6-14)21(30)19-20(12-3-8-16(9-4-12)29(33)34)28(23(32)22(19)31)24-27-17-10-7-15(26)11-18(17)35-24/h1-11,20,30H/b21-19+. The average Bonchev–Trinajstić information content (AvgIpc) is 3.37. The Morgan fingerprint density at radius 2 is 1.77 bits per heavy atom. The van der Waals surface area contributed by atoms with Crippen molar-refractivity contribution in [2.45, 2.75) is 6.04 Å². The summed E-state index contributed by atoms with van der Waals surface area (Å²) in [7, 11) is 0. The fraction of sp³-hybridized carbons (Fsp3) is 0.0417. The number of halogens is 2. The Labute approximate surface area is 205 Å². The molecule has 1 unspecified atom stereocenters. The lowest BCUT2D eigenvalue weighted by atomic mass is 9.95. The van der Waals surface area contributed by atoms with E-state index in [4.69, 9.17) is 11.6 Å². The van der Waals surface area contributed by atoms with Crippen LogP contribution in [0, 0.1) is 15.9 Å². The molecule has 1 aliphatic rings. The number of aliphatic hydroxyl groups excluding tert-OH is 1. The fourth-order valence-corrected chi connectivity index (χ4v) is 5.02. The summed E-state index contributed by atoms with van der Waals surface area (Å²) in [5.41, 5.74) is 0.630. The van der Waals surface area contributed by atoms with E-state index >= 15 is 0 Å². The largest absolute Gasteiger partial charge is 0.507 e. The zero-order chi connectivity index (χ0) is 24.9. The third kappa shape index (κ3) is 3.92. The number of aromatic nitrogens is 1. The van der Waals surface area contributed by atoms with Crippen molar-refractivity contribution in [2.75, 3.05) is 4.90 Å². The normalized spacial score (nSPS) is 17.3. The minimum atomic E-state index is -1.13. The number of hydrogen-bond acceptors (Lipinski definition) is 7.